The second-order valence-corrected chi connectivity index (χ2v) is 6.21. The summed E-state index contributed by atoms with van der Waals surface area (Å²) >= 11 is 0. The van der Waals surface area contributed by atoms with E-state index in [1.165, 1.54) is 0 Å². The van der Waals surface area contributed by atoms with Crippen LogP contribution >= 0.6 is 0 Å². The average Bonchev–Trinajstić information content (AvgIpc) is 3.19. The van der Waals surface area contributed by atoms with E-state index in [1.54, 1.807) is 12.5 Å². The molecule has 2 N–H and O–H groups in total. The van der Waals surface area contributed by atoms with Crippen molar-refractivity contribution in [2.45, 2.75) is 26.4 Å². The van der Waals surface area contributed by atoms with Crippen LogP contribution in [0.5, 0.6) is 5.75 Å². The Morgan fingerprint density at radius 1 is 1.15 bits per heavy atom. The first-order valence-corrected chi connectivity index (χ1v) is 9.05. The van der Waals surface area contributed by atoms with Gasteiger partial charge in [-0.15, -0.1) is 0 Å². The fraction of sp³-hybridized carbons (Fsp3) is 0.238. The maximum Gasteiger partial charge on any atom is 0.319 e. The fourth-order valence-electron chi connectivity index (χ4n) is 2.69. The Bertz CT molecular complexity index is 862. The molecule has 0 spiro atoms. The first-order chi connectivity index (χ1) is 13.2. The van der Waals surface area contributed by atoms with Crippen molar-refractivity contribution in [3.05, 3.63) is 78.4 Å². The number of imidazole rings is 1. The van der Waals surface area contributed by atoms with Gasteiger partial charge in [0.1, 0.15) is 5.75 Å². The molecule has 0 aliphatic heterocycles. The normalized spacial score (nSPS) is 10.4. The summed E-state index contributed by atoms with van der Waals surface area (Å²) < 4.78 is 7.67. The lowest BCUT2D eigenvalue weighted by atomic mass is 10.1. The SMILES string of the molecule is CCCOc1ccccc1NC(=O)NCc1cccc(Cn2ccnc2)c1. The van der Waals surface area contributed by atoms with Crippen molar-refractivity contribution >= 4 is 11.7 Å². The van der Waals surface area contributed by atoms with Crippen molar-refractivity contribution in [1.82, 2.24) is 14.9 Å². The Morgan fingerprint density at radius 2 is 2.00 bits per heavy atom. The number of nitrogens with zero attached hydrogens (tertiary/aromatic N) is 2. The van der Waals surface area contributed by atoms with E-state index in [-0.39, 0.29) is 6.03 Å². The zero-order valence-electron chi connectivity index (χ0n) is 15.4. The van der Waals surface area contributed by atoms with E-state index in [0.29, 0.717) is 24.6 Å². The van der Waals surface area contributed by atoms with Gasteiger partial charge in [0.15, 0.2) is 0 Å². The van der Waals surface area contributed by atoms with E-state index in [9.17, 15) is 4.79 Å². The Hall–Kier alpha value is -3.28. The van der Waals surface area contributed by atoms with Crippen LogP contribution in [-0.4, -0.2) is 22.2 Å². The number of carbonyl (C=O) groups excluding carboxylic acids is 1. The number of hydrogen-bond acceptors (Lipinski definition) is 3. The summed E-state index contributed by atoms with van der Waals surface area (Å²) in [5.41, 5.74) is 2.86. The standard InChI is InChI=1S/C21H24N4O2/c1-2-12-27-20-9-4-3-8-19(20)24-21(26)23-14-17-6-5-7-18(13-17)15-25-11-10-22-16-25/h3-11,13,16H,2,12,14-15H2,1H3,(H2,23,24,26). The number of anilines is 1. The fourth-order valence-corrected chi connectivity index (χ4v) is 2.69. The summed E-state index contributed by atoms with van der Waals surface area (Å²) in [7, 11) is 0. The molecule has 1 heterocycles. The Morgan fingerprint density at radius 3 is 2.81 bits per heavy atom. The highest BCUT2D eigenvalue weighted by Crippen LogP contribution is 2.23. The lowest BCUT2D eigenvalue weighted by Crippen LogP contribution is -2.28. The Kier molecular flexibility index (Phi) is 6.46. The maximum atomic E-state index is 12.3. The van der Waals surface area contributed by atoms with Crippen LogP contribution in [0.1, 0.15) is 24.5 Å². The van der Waals surface area contributed by atoms with E-state index in [1.807, 2.05) is 54.1 Å². The first kappa shape index (κ1) is 18.5. The number of urea groups is 1. The summed E-state index contributed by atoms with van der Waals surface area (Å²) in [6.45, 7) is 3.86. The number of hydrogen-bond donors (Lipinski definition) is 2. The van der Waals surface area contributed by atoms with Crippen molar-refractivity contribution in [2.75, 3.05) is 11.9 Å². The topological polar surface area (TPSA) is 68.2 Å². The maximum absolute atomic E-state index is 12.3. The van der Waals surface area contributed by atoms with Crippen molar-refractivity contribution in [2.24, 2.45) is 0 Å². The molecule has 0 aliphatic carbocycles. The predicted octanol–water partition coefficient (Wildman–Crippen LogP) is 4.04. The smallest absolute Gasteiger partial charge is 0.319 e. The molecule has 0 radical (unpaired) electrons. The van der Waals surface area contributed by atoms with Crippen LogP contribution in [-0.2, 0) is 13.1 Å². The molecular formula is C21H24N4O2. The van der Waals surface area contributed by atoms with Gasteiger partial charge in [-0.25, -0.2) is 9.78 Å². The number of benzene rings is 2. The van der Waals surface area contributed by atoms with Crippen LogP contribution in [0, 0.1) is 0 Å². The molecule has 2 aromatic carbocycles. The predicted molar refractivity (Wildman–Crippen MR) is 106 cm³/mol. The van der Waals surface area contributed by atoms with Crippen LogP contribution in [0.2, 0.25) is 0 Å². The molecule has 3 rings (SSSR count). The minimum Gasteiger partial charge on any atom is -0.491 e. The summed E-state index contributed by atoms with van der Waals surface area (Å²) in [5.74, 6) is 0.678. The second-order valence-electron chi connectivity index (χ2n) is 6.21. The largest absolute Gasteiger partial charge is 0.491 e. The van der Waals surface area contributed by atoms with Crippen LogP contribution in [0.3, 0.4) is 0 Å². The number of para-hydroxylation sites is 2. The third-order valence-electron chi connectivity index (χ3n) is 3.97. The Labute approximate surface area is 159 Å². The van der Waals surface area contributed by atoms with E-state index in [2.05, 4.69) is 27.8 Å². The van der Waals surface area contributed by atoms with Gasteiger partial charge < -0.3 is 19.9 Å². The molecule has 0 bridgehead atoms. The number of rotatable bonds is 8. The summed E-state index contributed by atoms with van der Waals surface area (Å²) in [5, 5.41) is 5.75. The van der Waals surface area contributed by atoms with Crippen molar-refractivity contribution < 1.29 is 9.53 Å². The third-order valence-corrected chi connectivity index (χ3v) is 3.97. The van der Waals surface area contributed by atoms with Gasteiger partial charge in [-0.3, -0.25) is 0 Å². The third kappa shape index (κ3) is 5.60. The van der Waals surface area contributed by atoms with Gasteiger partial charge >= 0.3 is 6.03 Å². The molecule has 6 heteroatoms. The number of amides is 2. The molecule has 0 aliphatic rings. The molecule has 27 heavy (non-hydrogen) atoms. The zero-order chi connectivity index (χ0) is 18.9. The highest BCUT2D eigenvalue weighted by molar-refractivity contribution is 5.90. The van der Waals surface area contributed by atoms with Crippen molar-refractivity contribution in [3.8, 4) is 5.75 Å². The molecule has 0 saturated carbocycles. The van der Waals surface area contributed by atoms with Gasteiger partial charge in [0.2, 0.25) is 0 Å². The molecule has 2 amide bonds. The van der Waals surface area contributed by atoms with Gasteiger partial charge in [-0.05, 0) is 29.7 Å². The van der Waals surface area contributed by atoms with Gasteiger partial charge in [-0.1, -0.05) is 43.3 Å². The summed E-state index contributed by atoms with van der Waals surface area (Å²) in [4.78, 5) is 16.3. The molecular weight excluding hydrogens is 340 g/mol. The van der Waals surface area contributed by atoms with Crippen LogP contribution in [0.25, 0.3) is 0 Å². The molecule has 0 atom stereocenters. The quantitative estimate of drug-likeness (QED) is 0.634. The number of nitrogens with one attached hydrogen (secondary N) is 2. The minimum absolute atomic E-state index is 0.262. The highest BCUT2D eigenvalue weighted by atomic mass is 16.5. The van der Waals surface area contributed by atoms with Gasteiger partial charge in [0, 0.05) is 25.5 Å². The average molecular weight is 364 g/mol. The van der Waals surface area contributed by atoms with Gasteiger partial charge in [0.05, 0.1) is 18.6 Å². The van der Waals surface area contributed by atoms with Crippen molar-refractivity contribution in [1.29, 1.82) is 0 Å². The van der Waals surface area contributed by atoms with Crippen LogP contribution in [0.4, 0.5) is 10.5 Å². The molecule has 140 valence electrons. The van der Waals surface area contributed by atoms with Gasteiger partial charge in [-0.2, -0.15) is 0 Å². The first-order valence-electron chi connectivity index (χ1n) is 9.05. The van der Waals surface area contributed by atoms with Gasteiger partial charge in [0.25, 0.3) is 0 Å². The highest BCUT2D eigenvalue weighted by Gasteiger charge is 2.07. The van der Waals surface area contributed by atoms with Crippen LogP contribution < -0.4 is 15.4 Å². The van der Waals surface area contributed by atoms with E-state index >= 15 is 0 Å². The van der Waals surface area contributed by atoms with E-state index in [4.69, 9.17) is 4.74 Å². The monoisotopic (exact) mass is 364 g/mol. The number of aromatic nitrogens is 2. The molecule has 6 nitrogen and oxygen atoms in total. The molecule has 0 fully saturated rings. The molecule has 0 saturated heterocycles. The van der Waals surface area contributed by atoms with E-state index in [0.717, 1.165) is 24.1 Å². The molecule has 1 aromatic heterocycles. The second kappa shape index (κ2) is 9.43. The minimum atomic E-state index is -0.262. The summed E-state index contributed by atoms with van der Waals surface area (Å²) in [6.07, 6.45) is 6.39. The zero-order valence-corrected chi connectivity index (χ0v) is 15.4. The number of carbonyl (C=O) groups is 1. The Balaban J connectivity index is 1.55. The molecule has 0 unspecified atom stereocenters. The summed E-state index contributed by atoms with van der Waals surface area (Å²) in [6, 6.07) is 15.3. The number of ether oxygens (including phenoxy) is 1. The van der Waals surface area contributed by atoms with Crippen molar-refractivity contribution in [3.63, 3.8) is 0 Å². The molecule has 3 aromatic rings. The van der Waals surface area contributed by atoms with Crippen LogP contribution in [0.15, 0.2) is 67.3 Å². The van der Waals surface area contributed by atoms with E-state index < -0.39 is 0 Å². The lowest BCUT2D eigenvalue weighted by molar-refractivity contribution is 0.251. The lowest BCUT2D eigenvalue weighted by Gasteiger charge is -2.13.